The fourth-order valence-electron chi connectivity index (χ4n) is 1.28. The van der Waals surface area contributed by atoms with Gasteiger partial charge in [-0.05, 0) is 6.92 Å². The summed E-state index contributed by atoms with van der Waals surface area (Å²) >= 11 is 0. The van der Waals surface area contributed by atoms with E-state index in [1.54, 1.807) is 12.2 Å². The smallest absolute Gasteiger partial charge is 0.314 e. The van der Waals surface area contributed by atoms with Crippen LogP contribution < -0.4 is 0 Å². The summed E-state index contributed by atoms with van der Waals surface area (Å²) in [6, 6.07) is 0. The molecule has 0 aromatic carbocycles. The zero-order valence-corrected chi connectivity index (χ0v) is 9.91. The Balaban J connectivity index is 0. The van der Waals surface area contributed by atoms with Crippen molar-refractivity contribution >= 4 is 24.1 Å². The summed E-state index contributed by atoms with van der Waals surface area (Å²) in [5.41, 5.74) is -1.33. The van der Waals surface area contributed by atoms with Crippen molar-refractivity contribution in [2.75, 3.05) is 0 Å². The molecule has 19 heavy (non-hydrogen) atoms. The number of carboxylic acids is 2. The van der Waals surface area contributed by atoms with Crippen LogP contribution in [0.4, 0.5) is 0 Å². The third kappa shape index (κ3) is 5.88. The largest absolute Gasteiger partial charge is 0.481 e. The number of aliphatic carboxylic acids is 2. The van der Waals surface area contributed by atoms with E-state index in [9.17, 15) is 9.59 Å². The molecule has 4 N–H and O–H groups in total. The number of nitrogens with one attached hydrogen (secondary N) is 2. The number of carbonyl (C=O) groups excluding carboxylic acids is 2. The molecule has 1 rings (SSSR count). The number of hydrogen-bond acceptors (Lipinski definition) is 6. The first-order valence-electron chi connectivity index (χ1n) is 4.71. The maximum atomic E-state index is 10.8. The Hall–Kier alpha value is -2.82. The monoisotopic (exact) mass is 268 g/mol. The molecule has 0 aromatic rings. The molecule has 0 aromatic heterocycles. The molecule has 8 nitrogen and oxygen atoms in total. The average molecular weight is 268 g/mol. The molecule has 2 atom stereocenters. The fraction of sp³-hybridized carbons (Fsp3) is 0.273. The maximum Gasteiger partial charge on any atom is 0.314 e. The minimum atomic E-state index is -1.33. The standard InChI is InChI=1S/C9H10O4.2CHNO/c1-9(8(12)13)5-3-2-4-6(9)7(10)11;2*2-1-3/h2-6H,1H3,(H,10,11)(H,12,13);2*2H. The first-order valence-corrected chi connectivity index (χ1v) is 4.71. The summed E-state index contributed by atoms with van der Waals surface area (Å²) in [7, 11) is 0. The molecule has 8 heteroatoms. The third-order valence-electron chi connectivity index (χ3n) is 2.23. The van der Waals surface area contributed by atoms with Gasteiger partial charge in [0.1, 0.15) is 5.41 Å². The number of hydrogen-bond donors (Lipinski definition) is 4. The maximum absolute atomic E-state index is 10.8. The van der Waals surface area contributed by atoms with E-state index < -0.39 is 23.3 Å². The second-order valence-corrected chi connectivity index (χ2v) is 3.35. The predicted octanol–water partition coefficient (Wildman–Crippen LogP) is 0.706. The molecular formula is C11H12N2O6. The number of carboxylic acid groups (broad SMARTS) is 2. The van der Waals surface area contributed by atoms with Gasteiger partial charge in [0, 0.05) is 0 Å². The van der Waals surface area contributed by atoms with Crippen LogP contribution in [0.15, 0.2) is 24.3 Å². The molecule has 0 bridgehead atoms. The lowest BCUT2D eigenvalue weighted by molar-refractivity contribution is -0.155. The number of isocyanates is 2. The molecule has 0 radical (unpaired) electrons. The minimum Gasteiger partial charge on any atom is -0.481 e. The Labute approximate surface area is 108 Å². The second-order valence-electron chi connectivity index (χ2n) is 3.35. The normalized spacial score (nSPS) is 22.5. The van der Waals surface area contributed by atoms with Crippen LogP contribution in [0.1, 0.15) is 6.92 Å². The average Bonchev–Trinajstić information content (AvgIpc) is 2.31. The minimum absolute atomic E-state index is 0.750. The van der Waals surface area contributed by atoms with Gasteiger partial charge in [-0.3, -0.25) is 9.59 Å². The van der Waals surface area contributed by atoms with Crippen molar-refractivity contribution in [3.8, 4) is 0 Å². The highest BCUT2D eigenvalue weighted by molar-refractivity contribution is 5.86. The number of allylic oxidation sites excluding steroid dienone is 2. The number of rotatable bonds is 2. The van der Waals surface area contributed by atoms with Crippen molar-refractivity contribution in [1.29, 1.82) is 10.8 Å². The van der Waals surface area contributed by atoms with E-state index in [0.29, 0.717) is 0 Å². The van der Waals surface area contributed by atoms with Crippen LogP contribution in [0.2, 0.25) is 0 Å². The van der Waals surface area contributed by atoms with Gasteiger partial charge in [-0.1, -0.05) is 24.3 Å². The Morgan fingerprint density at radius 1 is 1.16 bits per heavy atom. The van der Waals surface area contributed by atoms with Gasteiger partial charge in [-0.2, -0.15) is 0 Å². The number of carbonyl (C=O) groups is 2. The zero-order chi connectivity index (χ0) is 15.5. The molecule has 0 spiro atoms. The third-order valence-corrected chi connectivity index (χ3v) is 2.23. The van der Waals surface area contributed by atoms with Crippen LogP contribution in [0, 0.1) is 22.2 Å². The Kier molecular flexibility index (Phi) is 9.01. The molecule has 1 aliphatic carbocycles. The van der Waals surface area contributed by atoms with Crippen LogP contribution in [-0.4, -0.2) is 34.3 Å². The fourth-order valence-corrected chi connectivity index (χ4v) is 1.28. The van der Waals surface area contributed by atoms with Crippen molar-refractivity contribution in [1.82, 2.24) is 0 Å². The van der Waals surface area contributed by atoms with Crippen LogP contribution in [0.25, 0.3) is 0 Å². The Morgan fingerprint density at radius 2 is 1.58 bits per heavy atom. The zero-order valence-electron chi connectivity index (χ0n) is 9.91. The Bertz CT molecular complexity index is 444. The molecule has 0 saturated carbocycles. The lowest BCUT2D eigenvalue weighted by Gasteiger charge is -2.27. The summed E-state index contributed by atoms with van der Waals surface area (Å²) in [4.78, 5) is 38.3. The van der Waals surface area contributed by atoms with E-state index >= 15 is 0 Å². The van der Waals surface area contributed by atoms with E-state index in [0.717, 1.165) is 12.2 Å². The van der Waals surface area contributed by atoms with Crippen molar-refractivity contribution in [2.45, 2.75) is 6.92 Å². The van der Waals surface area contributed by atoms with Crippen LogP contribution in [0.3, 0.4) is 0 Å². The van der Waals surface area contributed by atoms with Gasteiger partial charge in [0.2, 0.25) is 12.2 Å². The van der Waals surface area contributed by atoms with Gasteiger partial charge in [-0.25, -0.2) is 20.4 Å². The quantitative estimate of drug-likeness (QED) is 0.426. The summed E-state index contributed by atoms with van der Waals surface area (Å²) in [5.74, 6) is -3.24. The SMILES string of the molecule is CC1(C(=O)O)C=CC=CC1C(=O)O.N=C=O.N=C=O. The summed E-state index contributed by atoms with van der Waals surface area (Å²) in [6.07, 6.45) is 7.38. The van der Waals surface area contributed by atoms with E-state index in [2.05, 4.69) is 0 Å². The second kappa shape index (κ2) is 9.23. The first-order chi connectivity index (χ1) is 8.81. The molecule has 102 valence electrons. The molecular weight excluding hydrogens is 256 g/mol. The highest BCUT2D eigenvalue weighted by Crippen LogP contribution is 2.33. The molecule has 0 fully saturated rings. The molecule has 0 heterocycles. The van der Waals surface area contributed by atoms with Crippen LogP contribution in [-0.2, 0) is 19.2 Å². The van der Waals surface area contributed by atoms with Gasteiger partial charge >= 0.3 is 11.9 Å². The van der Waals surface area contributed by atoms with E-state index in [1.165, 1.54) is 19.1 Å². The summed E-state index contributed by atoms with van der Waals surface area (Å²) in [5, 5.41) is 28.4. The van der Waals surface area contributed by atoms with Crippen molar-refractivity contribution in [3.63, 3.8) is 0 Å². The van der Waals surface area contributed by atoms with Gasteiger partial charge < -0.3 is 10.2 Å². The van der Waals surface area contributed by atoms with Crippen LogP contribution in [0.5, 0.6) is 0 Å². The predicted molar refractivity (Wildman–Crippen MR) is 62.0 cm³/mol. The van der Waals surface area contributed by atoms with E-state index in [1.807, 2.05) is 0 Å². The lowest BCUT2D eigenvalue weighted by Crippen LogP contribution is -2.38. The van der Waals surface area contributed by atoms with E-state index in [4.69, 9.17) is 30.6 Å². The first kappa shape index (κ1) is 18.5. The van der Waals surface area contributed by atoms with Crippen molar-refractivity contribution in [2.24, 2.45) is 11.3 Å². The van der Waals surface area contributed by atoms with Gasteiger partial charge in [0.15, 0.2) is 0 Å². The molecule has 0 saturated heterocycles. The van der Waals surface area contributed by atoms with Crippen molar-refractivity contribution < 1.29 is 29.4 Å². The highest BCUT2D eigenvalue weighted by atomic mass is 16.4. The molecule has 0 amide bonds. The molecule has 1 aliphatic rings. The molecule has 2 unspecified atom stereocenters. The highest BCUT2D eigenvalue weighted by Gasteiger charge is 2.43. The van der Waals surface area contributed by atoms with Gasteiger partial charge in [-0.15, -0.1) is 0 Å². The van der Waals surface area contributed by atoms with Crippen LogP contribution >= 0.6 is 0 Å². The topological polar surface area (TPSA) is 156 Å². The Morgan fingerprint density at radius 3 is 1.84 bits per heavy atom. The van der Waals surface area contributed by atoms with E-state index in [-0.39, 0.29) is 0 Å². The molecule has 0 aliphatic heterocycles. The van der Waals surface area contributed by atoms with Crippen molar-refractivity contribution in [3.05, 3.63) is 24.3 Å². The lowest BCUT2D eigenvalue weighted by atomic mass is 9.74. The summed E-state index contributed by atoms with van der Waals surface area (Å²) in [6.45, 7) is 1.40. The summed E-state index contributed by atoms with van der Waals surface area (Å²) < 4.78 is 0. The van der Waals surface area contributed by atoms with Gasteiger partial charge in [0.25, 0.3) is 0 Å². The van der Waals surface area contributed by atoms with Gasteiger partial charge in [0.05, 0.1) is 5.92 Å².